The summed E-state index contributed by atoms with van der Waals surface area (Å²) in [5.41, 5.74) is 1.21. The van der Waals surface area contributed by atoms with Crippen LogP contribution in [0.1, 0.15) is 23.2 Å². The van der Waals surface area contributed by atoms with Crippen molar-refractivity contribution in [3.05, 3.63) is 59.9 Å². The number of rotatable bonds is 4. The second-order valence-electron chi connectivity index (χ2n) is 6.04. The summed E-state index contributed by atoms with van der Waals surface area (Å²) in [4.78, 5) is 37.0. The van der Waals surface area contributed by atoms with E-state index in [2.05, 4.69) is 15.5 Å². The number of imide groups is 1. The first-order valence-electron chi connectivity index (χ1n) is 8.38. The molecule has 140 valence electrons. The van der Waals surface area contributed by atoms with Crippen LogP contribution in [0.25, 0.3) is 11.5 Å². The van der Waals surface area contributed by atoms with Gasteiger partial charge in [-0.15, -0.1) is 5.10 Å². The molecule has 4 rings (SSSR count). The first-order valence-corrected chi connectivity index (χ1v) is 8.38. The van der Waals surface area contributed by atoms with Crippen LogP contribution in [0.15, 0.2) is 52.9 Å². The molecule has 1 saturated heterocycles. The summed E-state index contributed by atoms with van der Waals surface area (Å²) in [6.45, 7) is 0. The fourth-order valence-corrected chi connectivity index (χ4v) is 2.78. The van der Waals surface area contributed by atoms with E-state index < -0.39 is 11.7 Å². The van der Waals surface area contributed by atoms with Crippen molar-refractivity contribution < 1.29 is 23.2 Å². The van der Waals surface area contributed by atoms with Crippen molar-refractivity contribution in [3.63, 3.8) is 0 Å². The highest BCUT2D eigenvalue weighted by Gasteiger charge is 2.30. The number of carbonyl (C=O) groups excluding carboxylic acids is 3. The van der Waals surface area contributed by atoms with Crippen molar-refractivity contribution in [2.75, 3.05) is 10.2 Å². The Hall–Kier alpha value is -3.88. The van der Waals surface area contributed by atoms with Gasteiger partial charge >= 0.3 is 6.01 Å². The molecule has 1 aliphatic heterocycles. The van der Waals surface area contributed by atoms with E-state index in [1.54, 1.807) is 0 Å². The molecule has 0 aliphatic carbocycles. The topological polar surface area (TPSA) is 105 Å². The van der Waals surface area contributed by atoms with Crippen LogP contribution in [-0.4, -0.2) is 27.9 Å². The fourth-order valence-electron chi connectivity index (χ4n) is 2.78. The minimum Gasteiger partial charge on any atom is -0.403 e. The third kappa shape index (κ3) is 3.37. The van der Waals surface area contributed by atoms with Gasteiger partial charge in [-0.25, -0.2) is 4.39 Å². The second-order valence-corrected chi connectivity index (χ2v) is 6.04. The number of benzene rings is 2. The predicted octanol–water partition coefficient (Wildman–Crippen LogP) is 2.78. The molecule has 0 radical (unpaired) electrons. The molecule has 1 aromatic heterocycles. The Morgan fingerprint density at radius 2 is 1.61 bits per heavy atom. The van der Waals surface area contributed by atoms with Crippen LogP contribution in [0.2, 0.25) is 0 Å². The number of anilines is 2. The summed E-state index contributed by atoms with van der Waals surface area (Å²) >= 11 is 0. The van der Waals surface area contributed by atoms with E-state index in [1.807, 2.05) is 0 Å². The van der Waals surface area contributed by atoms with Crippen LogP contribution < -0.4 is 10.2 Å². The molecule has 2 heterocycles. The van der Waals surface area contributed by atoms with Crippen molar-refractivity contribution in [1.29, 1.82) is 0 Å². The van der Waals surface area contributed by atoms with Gasteiger partial charge in [0, 0.05) is 24.0 Å². The molecule has 9 heteroatoms. The molecule has 28 heavy (non-hydrogen) atoms. The van der Waals surface area contributed by atoms with Gasteiger partial charge in [0.2, 0.25) is 17.7 Å². The summed E-state index contributed by atoms with van der Waals surface area (Å²) in [5.74, 6) is -1.28. The maximum atomic E-state index is 13.0. The van der Waals surface area contributed by atoms with E-state index in [4.69, 9.17) is 4.42 Å². The minimum atomic E-state index is -0.500. The van der Waals surface area contributed by atoms with Crippen molar-refractivity contribution in [1.82, 2.24) is 10.2 Å². The van der Waals surface area contributed by atoms with Gasteiger partial charge in [-0.1, -0.05) is 5.10 Å². The Kier molecular flexibility index (Phi) is 4.40. The lowest BCUT2D eigenvalue weighted by Gasteiger charge is -2.13. The monoisotopic (exact) mass is 380 g/mol. The second kappa shape index (κ2) is 7.03. The molecule has 0 atom stereocenters. The average molecular weight is 380 g/mol. The van der Waals surface area contributed by atoms with E-state index in [0.29, 0.717) is 11.3 Å². The molecule has 8 nitrogen and oxygen atoms in total. The molecule has 3 amide bonds. The molecule has 1 aliphatic rings. The van der Waals surface area contributed by atoms with Crippen LogP contribution >= 0.6 is 0 Å². The maximum absolute atomic E-state index is 13.0. The number of nitrogens with one attached hydrogen (secondary N) is 1. The van der Waals surface area contributed by atoms with Crippen molar-refractivity contribution in [3.8, 4) is 11.5 Å². The van der Waals surface area contributed by atoms with Gasteiger partial charge in [-0.3, -0.25) is 24.6 Å². The molecule has 2 aromatic carbocycles. The van der Waals surface area contributed by atoms with Crippen molar-refractivity contribution in [2.45, 2.75) is 12.8 Å². The number of hydrogen-bond acceptors (Lipinski definition) is 6. The standard InChI is InChI=1S/C19H13FN4O4/c20-13-5-1-12(2-6-13)18-22-23-19(28-18)21-17(27)11-3-7-14(8-4-11)24-15(25)9-10-16(24)26/h1-8H,9-10H2,(H,21,23,27). The summed E-state index contributed by atoms with van der Waals surface area (Å²) in [6.07, 6.45) is 0.378. The Balaban J connectivity index is 1.46. The zero-order valence-corrected chi connectivity index (χ0v) is 14.4. The highest BCUT2D eigenvalue weighted by molar-refractivity contribution is 6.20. The van der Waals surface area contributed by atoms with Gasteiger partial charge in [-0.05, 0) is 48.5 Å². The Morgan fingerprint density at radius 3 is 2.25 bits per heavy atom. The van der Waals surface area contributed by atoms with Gasteiger partial charge in [0.25, 0.3) is 5.91 Å². The summed E-state index contributed by atoms with van der Waals surface area (Å²) < 4.78 is 18.3. The van der Waals surface area contributed by atoms with E-state index in [0.717, 1.165) is 4.90 Å². The summed E-state index contributed by atoms with van der Waals surface area (Å²) in [7, 11) is 0. The number of halogens is 1. The molecule has 0 saturated carbocycles. The van der Waals surface area contributed by atoms with E-state index >= 15 is 0 Å². The SMILES string of the molecule is O=C(Nc1nnc(-c2ccc(F)cc2)o1)c1ccc(N2C(=O)CCC2=O)cc1. The average Bonchev–Trinajstić information content (AvgIpc) is 3.29. The number of amides is 3. The third-order valence-corrected chi connectivity index (χ3v) is 4.18. The van der Waals surface area contributed by atoms with Gasteiger partial charge in [0.15, 0.2) is 0 Å². The van der Waals surface area contributed by atoms with Crippen molar-refractivity contribution >= 4 is 29.4 Å². The number of aromatic nitrogens is 2. The predicted molar refractivity (Wildman–Crippen MR) is 95.8 cm³/mol. The summed E-state index contributed by atoms with van der Waals surface area (Å²) in [6, 6.07) is 11.4. The maximum Gasteiger partial charge on any atom is 0.322 e. The molecular formula is C19H13FN4O4. The van der Waals surface area contributed by atoms with Gasteiger partial charge < -0.3 is 4.42 Å². The molecule has 0 unspecified atom stereocenters. The van der Waals surface area contributed by atoms with Gasteiger partial charge in [0.1, 0.15) is 5.82 Å². The van der Waals surface area contributed by atoms with Crippen molar-refractivity contribution in [2.24, 2.45) is 0 Å². The number of hydrogen-bond donors (Lipinski definition) is 1. The molecular weight excluding hydrogens is 367 g/mol. The Bertz CT molecular complexity index is 1040. The lowest BCUT2D eigenvalue weighted by molar-refractivity contribution is -0.121. The van der Waals surface area contributed by atoms with Gasteiger partial charge in [0.05, 0.1) is 5.69 Å². The fraction of sp³-hybridized carbons (Fsp3) is 0.105. The molecule has 1 N–H and O–H groups in total. The largest absolute Gasteiger partial charge is 0.403 e. The lowest BCUT2D eigenvalue weighted by Crippen LogP contribution is -2.28. The van der Waals surface area contributed by atoms with Crippen LogP contribution in [0, 0.1) is 5.82 Å². The van der Waals surface area contributed by atoms with E-state index in [-0.39, 0.29) is 42.1 Å². The number of carbonyl (C=O) groups is 3. The zero-order chi connectivity index (χ0) is 19.7. The minimum absolute atomic E-state index is 0.113. The first kappa shape index (κ1) is 17.5. The molecule has 1 fully saturated rings. The lowest BCUT2D eigenvalue weighted by atomic mass is 10.2. The third-order valence-electron chi connectivity index (χ3n) is 4.18. The smallest absolute Gasteiger partial charge is 0.322 e. The highest BCUT2D eigenvalue weighted by atomic mass is 19.1. The van der Waals surface area contributed by atoms with Crippen LogP contribution in [0.5, 0.6) is 0 Å². The first-order chi connectivity index (χ1) is 13.5. The van der Waals surface area contributed by atoms with Crippen LogP contribution in [-0.2, 0) is 9.59 Å². The highest BCUT2D eigenvalue weighted by Crippen LogP contribution is 2.24. The normalized spacial score (nSPS) is 13.8. The van der Waals surface area contributed by atoms with Crippen LogP contribution in [0.3, 0.4) is 0 Å². The van der Waals surface area contributed by atoms with Gasteiger partial charge in [-0.2, -0.15) is 0 Å². The molecule has 0 spiro atoms. The zero-order valence-electron chi connectivity index (χ0n) is 14.4. The van der Waals surface area contributed by atoms with E-state index in [1.165, 1.54) is 48.5 Å². The summed E-state index contributed by atoms with van der Waals surface area (Å²) in [5, 5.41) is 10.0. The Morgan fingerprint density at radius 1 is 0.964 bits per heavy atom. The molecule has 0 bridgehead atoms. The Labute approximate surface area is 158 Å². The quantitative estimate of drug-likeness (QED) is 0.698. The number of nitrogens with zero attached hydrogens (tertiary/aromatic N) is 3. The van der Waals surface area contributed by atoms with E-state index in [9.17, 15) is 18.8 Å². The van der Waals surface area contributed by atoms with Crippen LogP contribution in [0.4, 0.5) is 16.1 Å². The molecule has 3 aromatic rings.